The smallest absolute Gasteiger partial charge is 0.268 e. The summed E-state index contributed by atoms with van der Waals surface area (Å²) in [5.41, 5.74) is 6.80. The quantitative estimate of drug-likeness (QED) is 0.768. The van der Waals surface area contributed by atoms with E-state index in [0.717, 1.165) is 25.7 Å². The van der Waals surface area contributed by atoms with E-state index in [1.54, 1.807) is 12.3 Å². The first kappa shape index (κ1) is 14.9. The molecule has 4 N–H and O–H groups in total. The molecule has 0 spiro atoms. The Morgan fingerprint density at radius 3 is 2.75 bits per heavy atom. The molecule has 2 rings (SSSR count). The van der Waals surface area contributed by atoms with Crippen molar-refractivity contribution in [3.8, 4) is 0 Å². The van der Waals surface area contributed by atoms with Gasteiger partial charge in [-0.15, -0.1) is 0 Å². The SMILES string of the molecule is CCn1cc(N)cc1C(=O)NCC1(CO)CCCCC1. The van der Waals surface area contributed by atoms with Crippen LogP contribution >= 0.6 is 0 Å². The molecule has 1 aromatic rings. The van der Waals surface area contributed by atoms with Crippen LogP contribution in [0.1, 0.15) is 49.5 Å². The number of carbonyl (C=O) groups is 1. The Hall–Kier alpha value is -1.49. The highest BCUT2D eigenvalue weighted by atomic mass is 16.3. The van der Waals surface area contributed by atoms with Crippen LogP contribution in [0.3, 0.4) is 0 Å². The van der Waals surface area contributed by atoms with Gasteiger partial charge in [0.25, 0.3) is 5.91 Å². The Morgan fingerprint density at radius 2 is 2.15 bits per heavy atom. The maximum atomic E-state index is 12.3. The molecule has 0 radical (unpaired) electrons. The topological polar surface area (TPSA) is 80.3 Å². The summed E-state index contributed by atoms with van der Waals surface area (Å²) in [6.45, 7) is 3.37. The van der Waals surface area contributed by atoms with Crippen LogP contribution in [0.25, 0.3) is 0 Å². The lowest BCUT2D eigenvalue weighted by Crippen LogP contribution is -2.41. The number of amides is 1. The van der Waals surface area contributed by atoms with E-state index in [1.807, 2.05) is 11.5 Å². The predicted octanol–water partition coefficient (Wildman–Crippen LogP) is 1.76. The molecule has 20 heavy (non-hydrogen) atoms. The number of carbonyl (C=O) groups excluding carboxylic acids is 1. The van der Waals surface area contributed by atoms with E-state index in [1.165, 1.54) is 6.42 Å². The number of nitrogen functional groups attached to an aromatic ring is 1. The molecule has 1 amide bonds. The number of aryl methyl sites for hydroxylation is 1. The Kier molecular flexibility index (Phi) is 4.70. The second-order valence-corrected chi connectivity index (χ2v) is 5.85. The summed E-state index contributed by atoms with van der Waals surface area (Å²) in [6.07, 6.45) is 7.24. The minimum Gasteiger partial charge on any atom is -0.397 e. The van der Waals surface area contributed by atoms with Crippen LogP contribution in [0.15, 0.2) is 12.3 Å². The van der Waals surface area contributed by atoms with Crippen LogP contribution in [-0.2, 0) is 6.54 Å². The fraction of sp³-hybridized carbons (Fsp3) is 0.667. The van der Waals surface area contributed by atoms with Gasteiger partial charge in [0.1, 0.15) is 5.69 Å². The zero-order valence-corrected chi connectivity index (χ0v) is 12.2. The van der Waals surface area contributed by atoms with Crippen molar-refractivity contribution in [2.24, 2.45) is 5.41 Å². The Morgan fingerprint density at radius 1 is 1.45 bits per heavy atom. The van der Waals surface area contributed by atoms with Crippen molar-refractivity contribution in [2.45, 2.75) is 45.6 Å². The van der Waals surface area contributed by atoms with E-state index in [0.29, 0.717) is 24.5 Å². The largest absolute Gasteiger partial charge is 0.397 e. The van der Waals surface area contributed by atoms with Gasteiger partial charge >= 0.3 is 0 Å². The first-order valence-corrected chi connectivity index (χ1v) is 7.45. The third kappa shape index (κ3) is 3.15. The van der Waals surface area contributed by atoms with E-state index >= 15 is 0 Å². The van der Waals surface area contributed by atoms with Crippen molar-refractivity contribution in [2.75, 3.05) is 18.9 Å². The molecule has 0 atom stereocenters. The van der Waals surface area contributed by atoms with Crippen LogP contribution in [0, 0.1) is 5.41 Å². The summed E-state index contributed by atoms with van der Waals surface area (Å²) in [5, 5.41) is 12.6. The fourth-order valence-corrected chi connectivity index (χ4v) is 3.04. The van der Waals surface area contributed by atoms with Gasteiger partial charge in [-0.3, -0.25) is 4.79 Å². The third-order valence-corrected chi connectivity index (χ3v) is 4.36. The predicted molar refractivity (Wildman–Crippen MR) is 79.5 cm³/mol. The number of hydrogen-bond acceptors (Lipinski definition) is 3. The fourth-order valence-electron chi connectivity index (χ4n) is 3.04. The molecule has 0 aromatic carbocycles. The monoisotopic (exact) mass is 279 g/mol. The number of aliphatic hydroxyl groups is 1. The molecular weight excluding hydrogens is 254 g/mol. The number of nitrogens with two attached hydrogens (primary N) is 1. The van der Waals surface area contributed by atoms with Gasteiger partial charge in [0, 0.05) is 24.7 Å². The highest BCUT2D eigenvalue weighted by Crippen LogP contribution is 2.35. The van der Waals surface area contributed by atoms with Crippen LogP contribution < -0.4 is 11.1 Å². The summed E-state index contributed by atoms with van der Waals surface area (Å²) in [5.74, 6) is -0.109. The minimum atomic E-state index is -0.136. The van der Waals surface area contributed by atoms with Crippen LogP contribution in [0.5, 0.6) is 0 Å². The van der Waals surface area contributed by atoms with E-state index < -0.39 is 0 Å². The normalized spacial score (nSPS) is 17.9. The molecule has 0 saturated heterocycles. The Balaban J connectivity index is 2.00. The van der Waals surface area contributed by atoms with Gasteiger partial charge in [0.15, 0.2) is 0 Å². The van der Waals surface area contributed by atoms with Crippen molar-refractivity contribution >= 4 is 11.6 Å². The second kappa shape index (κ2) is 6.31. The lowest BCUT2D eigenvalue weighted by Gasteiger charge is -2.35. The zero-order chi connectivity index (χ0) is 14.6. The van der Waals surface area contributed by atoms with Gasteiger partial charge in [0.05, 0.1) is 12.3 Å². The summed E-state index contributed by atoms with van der Waals surface area (Å²) < 4.78 is 1.84. The molecule has 112 valence electrons. The molecule has 0 unspecified atom stereocenters. The first-order valence-electron chi connectivity index (χ1n) is 7.45. The van der Waals surface area contributed by atoms with Gasteiger partial charge in [-0.2, -0.15) is 0 Å². The minimum absolute atomic E-state index is 0.109. The molecule has 5 heteroatoms. The number of anilines is 1. The van der Waals surface area contributed by atoms with E-state index in [4.69, 9.17) is 5.73 Å². The highest BCUT2D eigenvalue weighted by molar-refractivity contribution is 5.93. The third-order valence-electron chi connectivity index (χ3n) is 4.36. The summed E-state index contributed by atoms with van der Waals surface area (Å²) in [6, 6.07) is 1.70. The van der Waals surface area contributed by atoms with Gasteiger partial charge in [-0.25, -0.2) is 0 Å². The summed E-state index contributed by atoms with van der Waals surface area (Å²) >= 11 is 0. The van der Waals surface area contributed by atoms with Crippen LogP contribution in [0.4, 0.5) is 5.69 Å². The van der Waals surface area contributed by atoms with E-state index in [2.05, 4.69) is 5.32 Å². The van der Waals surface area contributed by atoms with Crippen LogP contribution in [-0.4, -0.2) is 28.7 Å². The standard InChI is InChI=1S/C15H25N3O2/c1-2-18-9-12(16)8-13(18)14(20)17-10-15(11-19)6-4-3-5-7-15/h8-9,19H,2-7,10-11,16H2,1H3,(H,17,20). The molecular formula is C15H25N3O2. The number of rotatable bonds is 5. The van der Waals surface area contributed by atoms with Crippen molar-refractivity contribution in [3.05, 3.63) is 18.0 Å². The number of nitrogens with one attached hydrogen (secondary N) is 1. The van der Waals surface area contributed by atoms with Crippen LogP contribution in [0.2, 0.25) is 0 Å². The number of hydrogen-bond donors (Lipinski definition) is 3. The van der Waals surface area contributed by atoms with Crippen molar-refractivity contribution in [3.63, 3.8) is 0 Å². The van der Waals surface area contributed by atoms with Crippen molar-refractivity contribution in [1.82, 2.24) is 9.88 Å². The highest BCUT2D eigenvalue weighted by Gasteiger charge is 2.32. The molecule has 1 aliphatic carbocycles. The number of aliphatic hydroxyl groups excluding tert-OH is 1. The van der Waals surface area contributed by atoms with Gasteiger partial charge in [-0.05, 0) is 25.8 Å². The maximum absolute atomic E-state index is 12.3. The molecule has 1 fully saturated rings. The molecule has 1 saturated carbocycles. The van der Waals surface area contributed by atoms with Gasteiger partial charge < -0.3 is 20.7 Å². The molecule has 1 aliphatic rings. The lowest BCUT2D eigenvalue weighted by atomic mass is 9.74. The number of aromatic nitrogens is 1. The molecule has 1 aromatic heterocycles. The molecule has 0 bridgehead atoms. The molecule has 1 heterocycles. The average Bonchev–Trinajstić information content (AvgIpc) is 2.87. The Labute approximate surface area is 120 Å². The summed E-state index contributed by atoms with van der Waals surface area (Å²) in [7, 11) is 0. The van der Waals surface area contributed by atoms with Gasteiger partial charge in [0.2, 0.25) is 0 Å². The average molecular weight is 279 g/mol. The lowest BCUT2D eigenvalue weighted by molar-refractivity contribution is 0.0713. The van der Waals surface area contributed by atoms with E-state index in [9.17, 15) is 9.90 Å². The zero-order valence-electron chi connectivity index (χ0n) is 12.2. The van der Waals surface area contributed by atoms with E-state index in [-0.39, 0.29) is 17.9 Å². The molecule has 5 nitrogen and oxygen atoms in total. The Bertz CT molecular complexity index is 462. The number of nitrogens with zero attached hydrogens (tertiary/aromatic N) is 1. The van der Waals surface area contributed by atoms with Crippen molar-refractivity contribution in [1.29, 1.82) is 0 Å². The second-order valence-electron chi connectivity index (χ2n) is 5.85. The summed E-state index contributed by atoms with van der Waals surface area (Å²) in [4.78, 5) is 12.3. The maximum Gasteiger partial charge on any atom is 0.268 e. The first-order chi connectivity index (χ1) is 9.60. The van der Waals surface area contributed by atoms with Crippen molar-refractivity contribution < 1.29 is 9.90 Å². The van der Waals surface area contributed by atoms with Gasteiger partial charge in [-0.1, -0.05) is 19.3 Å². The molecule has 0 aliphatic heterocycles.